The molecule has 0 spiro atoms. The van der Waals surface area contributed by atoms with Crippen LogP contribution in [0.25, 0.3) is 0 Å². The molecule has 9 heteroatoms. The van der Waals surface area contributed by atoms with Crippen molar-refractivity contribution in [2.75, 3.05) is 49.6 Å². The fraction of sp³-hybridized carbons (Fsp3) is 0.476. The molecule has 0 aliphatic carbocycles. The van der Waals surface area contributed by atoms with Crippen LogP contribution >= 0.6 is 11.3 Å². The fourth-order valence-corrected chi connectivity index (χ4v) is 4.98. The quantitative estimate of drug-likeness (QED) is 0.751. The lowest BCUT2D eigenvalue weighted by Crippen LogP contribution is -2.37. The summed E-state index contributed by atoms with van der Waals surface area (Å²) < 4.78 is 45.1. The number of rotatable bonds is 5. The van der Waals surface area contributed by atoms with Gasteiger partial charge in [0.25, 0.3) is 0 Å². The minimum Gasteiger partial charge on any atom is -0.378 e. The first-order valence-electron chi connectivity index (χ1n) is 10.0. The lowest BCUT2D eigenvalue weighted by molar-refractivity contribution is -0.137. The van der Waals surface area contributed by atoms with E-state index >= 15 is 0 Å². The first-order chi connectivity index (χ1) is 14.4. The molecule has 2 aromatic rings. The van der Waals surface area contributed by atoms with Crippen molar-refractivity contribution in [1.29, 1.82) is 0 Å². The van der Waals surface area contributed by atoms with Gasteiger partial charge >= 0.3 is 6.18 Å². The van der Waals surface area contributed by atoms with Crippen molar-refractivity contribution in [1.82, 2.24) is 4.90 Å². The van der Waals surface area contributed by atoms with E-state index in [0.29, 0.717) is 32.0 Å². The van der Waals surface area contributed by atoms with Gasteiger partial charge in [-0.1, -0.05) is 6.07 Å². The van der Waals surface area contributed by atoms with Gasteiger partial charge in [-0.15, -0.1) is 11.3 Å². The largest absolute Gasteiger partial charge is 0.416 e. The molecule has 3 heterocycles. The third-order valence-corrected chi connectivity index (χ3v) is 6.51. The summed E-state index contributed by atoms with van der Waals surface area (Å²) >= 11 is 1.66. The summed E-state index contributed by atoms with van der Waals surface area (Å²) in [6.45, 7) is 3.10. The number of hydrogen-bond donors (Lipinski definition) is 1. The average Bonchev–Trinajstić information content (AvgIpc) is 3.39. The van der Waals surface area contributed by atoms with Crippen LogP contribution in [-0.4, -0.2) is 50.2 Å². The minimum atomic E-state index is -4.47. The van der Waals surface area contributed by atoms with E-state index in [1.54, 1.807) is 11.3 Å². The highest BCUT2D eigenvalue weighted by Crippen LogP contribution is 2.37. The van der Waals surface area contributed by atoms with Gasteiger partial charge in [0, 0.05) is 24.0 Å². The number of halogens is 3. The van der Waals surface area contributed by atoms with E-state index in [2.05, 4.69) is 16.3 Å². The highest BCUT2D eigenvalue weighted by Gasteiger charge is 2.32. The van der Waals surface area contributed by atoms with Crippen molar-refractivity contribution >= 4 is 28.6 Å². The van der Waals surface area contributed by atoms with Gasteiger partial charge in [-0.2, -0.15) is 13.2 Å². The van der Waals surface area contributed by atoms with Crippen molar-refractivity contribution < 1.29 is 22.7 Å². The SMILES string of the molecule is O=C(CN1CCCC1c1cccs1)Nc1cc(C(F)(F)F)ccc1N1CCOCC1. The lowest BCUT2D eigenvalue weighted by Gasteiger charge is -2.31. The zero-order valence-electron chi connectivity index (χ0n) is 16.5. The zero-order chi connectivity index (χ0) is 21.1. The van der Waals surface area contributed by atoms with E-state index in [0.717, 1.165) is 31.5 Å². The van der Waals surface area contributed by atoms with E-state index in [1.807, 2.05) is 16.3 Å². The third-order valence-electron chi connectivity index (χ3n) is 5.53. The minimum absolute atomic E-state index is 0.154. The number of nitrogens with zero attached hydrogens (tertiary/aromatic N) is 2. The Morgan fingerprint density at radius 2 is 2.00 bits per heavy atom. The molecule has 4 rings (SSSR count). The van der Waals surface area contributed by atoms with E-state index < -0.39 is 11.7 Å². The van der Waals surface area contributed by atoms with E-state index in [-0.39, 0.29) is 24.2 Å². The molecule has 1 unspecified atom stereocenters. The monoisotopic (exact) mass is 439 g/mol. The molecule has 2 fully saturated rings. The third kappa shape index (κ3) is 4.79. The Bertz CT molecular complexity index is 867. The summed E-state index contributed by atoms with van der Waals surface area (Å²) in [7, 11) is 0. The maximum Gasteiger partial charge on any atom is 0.416 e. The van der Waals surface area contributed by atoms with E-state index in [1.165, 1.54) is 10.9 Å². The number of nitrogens with one attached hydrogen (secondary N) is 1. The first kappa shape index (κ1) is 21.1. The van der Waals surface area contributed by atoms with Crippen LogP contribution < -0.4 is 10.2 Å². The average molecular weight is 440 g/mol. The smallest absolute Gasteiger partial charge is 0.378 e. The van der Waals surface area contributed by atoms with Crippen LogP contribution in [0.2, 0.25) is 0 Å². The van der Waals surface area contributed by atoms with Gasteiger partial charge < -0.3 is 15.0 Å². The van der Waals surface area contributed by atoms with Crippen LogP contribution in [0.5, 0.6) is 0 Å². The van der Waals surface area contributed by atoms with Crippen molar-refractivity contribution in [2.45, 2.75) is 25.1 Å². The normalized spacial score (nSPS) is 20.5. The Kier molecular flexibility index (Phi) is 6.31. The summed E-state index contributed by atoms with van der Waals surface area (Å²) in [4.78, 5) is 18.1. The van der Waals surface area contributed by atoms with Crippen molar-refractivity contribution in [2.24, 2.45) is 0 Å². The number of carbonyl (C=O) groups excluding carboxylic acids is 1. The summed E-state index contributed by atoms with van der Waals surface area (Å²) in [6, 6.07) is 7.78. The van der Waals surface area contributed by atoms with Crippen LogP contribution in [0.4, 0.5) is 24.5 Å². The molecular weight excluding hydrogens is 415 g/mol. The summed E-state index contributed by atoms with van der Waals surface area (Å²) in [5.74, 6) is -0.299. The second kappa shape index (κ2) is 8.95. The summed E-state index contributed by atoms with van der Waals surface area (Å²) in [5, 5.41) is 4.77. The summed E-state index contributed by atoms with van der Waals surface area (Å²) in [5.41, 5.74) is 0.0203. The first-order valence-corrected chi connectivity index (χ1v) is 10.9. The number of likely N-dealkylation sites (tertiary alicyclic amines) is 1. The van der Waals surface area contributed by atoms with Crippen molar-refractivity contribution in [3.63, 3.8) is 0 Å². The Morgan fingerprint density at radius 1 is 1.20 bits per heavy atom. The summed E-state index contributed by atoms with van der Waals surface area (Å²) in [6.07, 6.45) is -2.49. The van der Waals surface area contributed by atoms with Crippen LogP contribution in [0.1, 0.15) is 29.3 Å². The maximum atomic E-state index is 13.3. The van der Waals surface area contributed by atoms with E-state index in [4.69, 9.17) is 4.74 Å². The van der Waals surface area contributed by atoms with Crippen molar-refractivity contribution in [3.8, 4) is 0 Å². The second-order valence-electron chi connectivity index (χ2n) is 7.52. The topological polar surface area (TPSA) is 44.8 Å². The van der Waals surface area contributed by atoms with Crippen LogP contribution in [0.3, 0.4) is 0 Å². The molecule has 1 amide bonds. The fourth-order valence-electron chi connectivity index (χ4n) is 4.09. The van der Waals surface area contributed by atoms with E-state index in [9.17, 15) is 18.0 Å². The second-order valence-corrected chi connectivity index (χ2v) is 8.50. The number of thiophene rings is 1. The standard InChI is InChI=1S/C21H24F3N3O2S/c22-21(23,24)15-5-6-17(26-8-10-29-11-9-26)16(13-15)25-20(28)14-27-7-1-3-18(27)19-4-2-12-30-19/h2,4-6,12-13,18H,1,3,7-11,14H2,(H,25,28). The van der Waals surface area contributed by atoms with Gasteiger partial charge in [0.15, 0.2) is 0 Å². The molecule has 162 valence electrons. The maximum absolute atomic E-state index is 13.3. The number of amides is 1. The van der Waals surface area contributed by atoms with Gasteiger partial charge in [-0.3, -0.25) is 9.69 Å². The Balaban J connectivity index is 1.52. The highest BCUT2D eigenvalue weighted by atomic mass is 32.1. The number of hydrogen-bond acceptors (Lipinski definition) is 5. The molecule has 0 radical (unpaired) electrons. The molecular formula is C21H24F3N3O2S. The molecule has 0 bridgehead atoms. The Morgan fingerprint density at radius 3 is 2.70 bits per heavy atom. The van der Waals surface area contributed by atoms with Gasteiger partial charge in [-0.25, -0.2) is 0 Å². The molecule has 30 heavy (non-hydrogen) atoms. The molecule has 1 N–H and O–H groups in total. The van der Waals surface area contributed by atoms with Gasteiger partial charge in [0.2, 0.25) is 5.91 Å². The van der Waals surface area contributed by atoms with Crippen LogP contribution in [0, 0.1) is 0 Å². The Hall–Kier alpha value is -2.10. The number of benzene rings is 1. The number of anilines is 2. The van der Waals surface area contributed by atoms with Gasteiger partial charge in [-0.05, 0) is 49.0 Å². The predicted octanol–water partition coefficient (Wildman–Crippen LogP) is 4.38. The van der Waals surface area contributed by atoms with Gasteiger partial charge in [0.1, 0.15) is 0 Å². The molecule has 2 aliphatic rings. The molecule has 2 aliphatic heterocycles. The molecule has 5 nitrogen and oxygen atoms in total. The zero-order valence-corrected chi connectivity index (χ0v) is 17.3. The number of carbonyl (C=O) groups is 1. The molecule has 1 aromatic heterocycles. The number of alkyl halides is 3. The number of morpholine rings is 1. The molecule has 2 saturated heterocycles. The van der Waals surface area contributed by atoms with Crippen molar-refractivity contribution in [3.05, 3.63) is 46.2 Å². The Labute approximate surface area is 177 Å². The van der Waals surface area contributed by atoms with Crippen LogP contribution in [-0.2, 0) is 15.7 Å². The predicted molar refractivity (Wildman–Crippen MR) is 111 cm³/mol. The molecule has 0 saturated carbocycles. The van der Waals surface area contributed by atoms with Gasteiger partial charge in [0.05, 0.1) is 36.7 Å². The van der Waals surface area contributed by atoms with Crippen LogP contribution in [0.15, 0.2) is 35.7 Å². The highest BCUT2D eigenvalue weighted by molar-refractivity contribution is 7.10. The number of ether oxygens (including phenoxy) is 1. The molecule has 1 aromatic carbocycles. The lowest BCUT2D eigenvalue weighted by atomic mass is 10.1. The molecule has 1 atom stereocenters.